The molecule has 0 bridgehead atoms. The molecular weight excluding hydrogens is 342 g/mol. The highest BCUT2D eigenvalue weighted by Gasteiger charge is 2.14. The highest BCUT2D eigenvalue weighted by atomic mass is 16.5. The summed E-state index contributed by atoms with van der Waals surface area (Å²) >= 11 is 0. The fourth-order valence-electron chi connectivity index (χ4n) is 2.80. The van der Waals surface area contributed by atoms with Crippen molar-refractivity contribution in [2.24, 2.45) is 0 Å². The van der Waals surface area contributed by atoms with E-state index in [4.69, 9.17) is 4.74 Å². The topological polar surface area (TPSA) is 71.5 Å². The normalized spacial score (nSPS) is 10.5. The van der Waals surface area contributed by atoms with Crippen LogP contribution in [0.15, 0.2) is 54.6 Å². The highest BCUT2D eigenvalue weighted by Crippen LogP contribution is 2.20. The van der Waals surface area contributed by atoms with Crippen molar-refractivity contribution in [1.29, 1.82) is 0 Å². The minimum atomic E-state index is -0.164. The summed E-state index contributed by atoms with van der Waals surface area (Å²) in [7, 11) is 4.94. The second-order valence-corrected chi connectivity index (χ2v) is 6.19. The molecule has 6 heteroatoms. The molecule has 0 aliphatic carbocycles. The Morgan fingerprint density at radius 3 is 2.48 bits per heavy atom. The number of amides is 2. The lowest BCUT2D eigenvalue weighted by Crippen LogP contribution is -2.27. The Morgan fingerprint density at radius 2 is 1.81 bits per heavy atom. The monoisotopic (exact) mass is 363 g/mol. The number of nitrogens with one attached hydrogen (secondary N) is 1. The van der Waals surface area contributed by atoms with Crippen LogP contribution in [0.3, 0.4) is 0 Å². The molecule has 0 saturated heterocycles. The average Bonchev–Trinajstić information content (AvgIpc) is 2.72. The number of hydrogen-bond acceptors (Lipinski definition) is 4. The van der Waals surface area contributed by atoms with Gasteiger partial charge in [-0.25, -0.2) is 4.98 Å². The maximum absolute atomic E-state index is 12.7. The first kappa shape index (κ1) is 18.4. The minimum absolute atomic E-state index is 0.136. The van der Waals surface area contributed by atoms with E-state index in [1.54, 1.807) is 44.3 Å². The zero-order valence-electron chi connectivity index (χ0n) is 15.5. The molecule has 0 fully saturated rings. The van der Waals surface area contributed by atoms with E-state index in [9.17, 15) is 9.59 Å². The van der Waals surface area contributed by atoms with E-state index in [0.717, 1.165) is 22.2 Å². The summed E-state index contributed by atoms with van der Waals surface area (Å²) in [6.07, 6.45) is 0. The molecule has 0 saturated carbocycles. The number of ether oxygens (including phenoxy) is 1. The van der Waals surface area contributed by atoms with Crippen molar-refractivity contribution in [3.05, 3.63) is 71.4 Å². The van der Waals surface area contributed by atoms with Gasteiger partial charge in [0.1, 0.15) is 11.4 Å². The number of benzene rings is 2. The molecule has 138 valence electrons. The van der Waals surface area contributed by atoms with Gasteiger partial charge in [-0.2, -0.15) is 0 Å². The number of pyridine rings is 1. The van der Waals surface area contributed by atoms with Crippen molar-refractivity contribution in [3.8, 4) is 5.75 Å². The number of aromatic nitrogens is 1. The van der Waals surface area contributed by atoms with Crippen LogP contribution in [0, 0.1) is 0 Å². The molecule has 0 unspecified atom stereocenters. The smallest absolute Gasteiger partial charge is 0.272 e. The number of hydrogen-bond donors (Lipinski definition) is 1. The van der Waals surface area contributed by atoms with E-state index < -0.39 is 0 Å². The van der Waals surface area contributed by atoms with E-state index in [-0.39, 0.29) is 11.8 Å². The standard InChI is InChI=1S/C21H21N3O3/c1-22-20(25)15-6-4-14(5-7-15)13-24(2)21(26)19-10-8-16-12-17(27-3)9-11-18(16)23-19/h4-12H,13H2,1-3H3,(H,22,25). The molecule has 6 nitrogen and oxygen atoms in total. The summed E-state index contributed by atoms with van der Waals surface area (Å²) in [6, 6.07) is 16.3. The van der Waals surface area contributed by atoms with Gasteiger partial charge in [-0.1, -0.05) is 18.2 Å². The summed E-state index contributed by atoms with van der Waals surface area (Å²) < 4.78 is 5.21. The fourth-order valence-corrected chi connectivity index (χ4v) is 2.80. The van der Waals surface area contributed by atoms with Crippen LogP contribution in [0.25, 0.3) is 10.9 Å². The van der Waals surface area contributed by atoms with Gasteiger partial charge >= 0.3 is 0 Å². The summed E-state index contributed by atoms with van der Waals surface area (Å²) in [5, 5.41) is 3.50. The van der Waals surface area contributed by atoms with Crippen LogP contribution >= 0.6 is 0 Å². The van der Waals surface area contributed by atoms with Crippen LogP contribution in [-0.2, 0) is 6.54 Å². The van der Waals surface area contributed by atoms with Crippen LogP contribution in [0.4, 0.5) is 0 Å². The molecule has 1 aromatic heterocycles. The number of fused-ring (bicyclic) bond motifs is 1. The maximum atomic E-state index is 12.7. The summed E-state index contributed by atoms with van der Waals surface area (Å²) in [5.41, 5.74) is 2.65. The molecule has 3 rings (SSSR count). The number of methoxy groups -OCH3 is 1. The number of carbonyl (C=O) groups is 2. The van der Waals surface area contributed by atoms with Crippen LogP contribution in [0.2, 0.25) is 0 Å². The number of nitrogens with zero attached hydrogens (tertiary/aromatic N) is 2. The molecule has 0 radical (unpaired) electrons. The average molecular weight is 363 g/mol. The first-order valence-corrected chi connectivity index (χ1v) is 8.53. The van der Waals surface area contributed by atoms with Gasteiger partial charge in [0.05, 0.1) is 12.6 Å². The quantitative estimate of drug-likeness (QED) is 0.757. The third-order valence-electron chi connectivity index (χ3n) is 4.33. The van der Waals surface area contributed by atoms with Gasteiger partial charge in [0.2, 0.25) is 0 Å². The van der Waals surface area contributed by atoms with Crippen molar-refractivity contribution in [3.63, 3.8) is 0 Å². The number of rotatable bonds is 5. The molecule has 0 atom stereocenters. The van der Waals surface area contributed by atoms with Crippen molar-refractivity contribution in [2.45, 2.75) is 6.54 Å². The molecule has 3 aromatic rings. The van der Waals surface area contributed by atoms with Crippen LogP contribution in [0.5, 0.6) is 5.75 Å². The zero-order valence-corrected chi connectivity index (χ0v) is 15.5. The van der Waals surface area contributed by atoms with Gasteiger partial charge in [-0.3, -0.25) is 9.59 Å². The Bertz CT molecular complexity index is 984. The molecule has 1 N–H and O–H groups in total. The zero-order chi connectivity index (χ0) is 19.4. The summed E-state index contributed by atoms with van der Waals surface area (Å²) in [4.78, 5) is 30.4. The largest absolute Gasteiger partial charge is 0.497 e. The van der Waals surface area contributed by atoms with Crippen LogP contribution in [-0.4, -0.2) is 42.9 Å². The Kier molecular flexibility index (Phi) is 5.35. The summed E-state index contributed by atoms with van der Waals surface area (Å²) in [5.74, 6) is 0.451. The predicted octanol–water partition coefficient (Wildman–Crippen LogP) is 2.88. The fraction of sp³-hybridized carbons (Fsp3) is 0.190. The van der Waals surface area contributed by atoms with Gasteiger partial charge in [0.25, 0.3) is 11.8 Å². The SMILES string of the molecule is CNC(=O)c1ccc(CN(C)C(=O)c2ccc3cc(OC)ccc3n2)cc1. The van der Waals surface area contributed by atoms with Crippen LogP contribution in [0.1, 0.15) is 26.4 Å². The summed E-state index contributed by atoms with van der Waals surface area (Å²) in [6.45, 7) is 0.426. The first-order chi connectivity index (χ1) is 13.0. The van der Waals surface area contributed by atoms with Crippen molar-refractivity contribution >= 4 is 22.7 Å². The maximum Gasteiger partial charge on any atom is 0.272 e. The molecule has 0 aliphatic heterocycles. The Hall–Kier alpha value is -3.41. The molecule has 0 aliphatic rings. The Morgan fingerprint density at radius 1 is 1.07 bits per heavy atom. The minimum Gasteiger partial charge on any atom is -0.497 e. The van der Waals surface area contributed by atoms with Crippen molar-refractivity contribution in [2.75, 3.05) is 21.2 Å². The van der Waals surface area contributed by atoms with E-state index in [1.165, 1.54) is 0 Å². The van der Waals surface area contributed by atoms with Gasteiger partial charge < -0.3 is 15.0 Å². The van der Waals surface area contributed by atoms with Gasteiger partial charge in [0, 0.05) is 31.6 Å². The molecule has 2 aromatic carbocycles. The Balaban J connectivity index is 1.74. The lowest BCUT2D eigenvalue weighted by atomic mass is 10.1. The first-order valence-electron chi connectivity index (χ1n) is 8.53. The van der Waals surface area contributed by atoms with Crippen LogP contribution < -0.4 is 10.1 Å². The van der Waals surface area contributed by atoms with E-state index in [0.29, 0.717) is 17.8 Å². The molecule has 2 amide bonds. The molecule has 0 spiro atoms. The lowest BCUT2D eigenvalue weighted by molar-refractivity contribution is 0.0779. The lowest BCUT2D eigenvalue weighted by Gasteiger charge is -2.17. The van der Waals surface area contributed by atoms with Crippen molar-refractivity contribution in [1.82, 2.24) is 15.2 Å². The van der Waals surface area contributed by atoms with Crippen molar-refractivity contribution < 1.29 is 14.3 Å². The number of carbonyl (C=O) groups excluding carboxylic acids is 2. The van der Waals surface area contributed by atoms with Gasteiger partial charge in [0.15, 0.2) is 0 Å². The molecular formula is C21H21N3O3. The van der Waals surface area contributed by atoms with Gasteiger partial charge in [-0.05, 0) is 42.0 Å². The van der Waals surface area contributed by atoms with E-state index in [1.807, 2.05) is 36.4 Å². The third-order valence-corrected chi connectivity index (χ3v) is 4.33. The second-order valence-electron chi connectivity index (χ2n) is 6.19. The Labute approximate surface area is 157 Å². The third kappa shape index (κ3) is 4.06. The highest BCUT2D eigenvalue weighted by molar-refractivity contribution is 5.95. The van der Waals surface area contributed by atoms with E-state index in [2.05, 4.69) is 10.3 Å². The van der Waals surface area contributed by atoms with Gasteiger partial charge in [-0.15, -0.1) is 0 Å². The second kappa shape index (κ2) is 7.86. The van der Waals surface area contributed by atoms with E-state index >= 15 is 0 Å². The molecule has 1 heterocycles. The predicted molar refractivity (Wildman–Crippen MR) is 104 cm³/mol. The molecule has 27 heavy (non-hydrogen) atoms.